The molecule has 4 nitrogen and oxygen atoms in total. The standard InChI is InChI=1S/C17H22NO3P/c1-22(2,20)16(15-11-7-4-8-12-15)18-17(19)21-13-14-9-5-3-6-10-14/h3,5-6,9-11H,4,7-8,12-13H2,1-2H3. The van der Waals surface area contributed by atoms with Crippen molar-refractivity contribution in [1.82, 2.24) is 0 Å². The molecule has 1 aromatic carbocycles. The van der Waals surface area contributed by atoms with Gasteiger partial charge in [0.15, 0.2) is 0 Å². The lowest BCUT2D eigenvalue weighted by atomic mass is 10.0. The first-order valence-electron chi connectivity index (χ1n) is 7.51. The van der Waals surface area contributed by atoms with Gasteiger partial charge in [0.25, 0.3) is 0 Å². The van der Waals surface area contributed by atoms with Crippen LogP contribution in [0.2, 0.25) is 0 Å². The van der Waals surface area contributed by atoms with Gasteiger partial charge in [0.1, 0.15) is 19.2 Å². The Morgan fingerprint density at radius 2 is 1.95 bits per heavy atom. The first-order chi connectivity index (χ1) is 10.5. The van der Waals surface area contributed by atoms with E-state index in [2.05, 4.69) is 4.99 Å². The van der Waals surface area contributed by atoms with Gasteiger partial charge in [-0.1, -0.05) is 36.4 Å². The molecule has 1 aliphatic carbocycles. The van der Waals surface area contributed by atoms with Gasteiger partial charge in [-0.05, 0) is 50.1 Å². The summed E-state index contributed by atoms with van der Waals surface area (Å²) in [6.45, 7) is 3.46. The molecule has 0 saturated heterocycles. The summed E-state index contributed by atoms with van der Waals surface area (Å²) in [7, 11) is -2.61. The third-order valence-corrected chi connectivity index (χ3v) is 4.90. The van der Waals surface area contributed by atoms with Crippen molar-refractivity contribution in [3.8, 4) is 0 Å². The van der Waals surface area contributed by atoms with Crippen LogP contribution in [0.1, 0.15) is 31.2 Å². The van der Waals surface area contributed by atoms with Gasteiger partial charge in [-0.15, -0.1) is 0 Å². The lowest BCUT2D eigenvalue weighted by Crippen LogP contribution is -2.10. The van der Waals surface area contributed by atoms with Gasteiger partial charge in [0.05, 0.1) is 0 Å². The molecular formula is C17H22NO3P. The van der Waals surface area contributed by atoms with Crippen LogP contribution in [0, 0.1) is 0 Å². The van der Waals surface area contributed by atoms with Crippen molar-refractivity contribution in [3.05, 3.63) is 47.5 Å². The van der Waals surface area contributed by atoms with Gasteiger partial charge in [-0.3, -0.25) is 0 Å². The lowest BCUT2D eigenvalue weighted by molar-refractivity contribution is 0.151. The largest absolute Gasteiger partial charge is 0.443 e. The van der Waals surface area contributed by atoms with E-state index < -0.39 is 13.2 Å². The van der Waals surface area contributed by atoms with E-state index in [1.165, 1.54) is 0 Å². The summed E-state index contributed by atoms with van der Waals surface area (Å²) in [5.74, 6) is 0. The average Bonchev–Trinajstić information content (AvgIpc) is 2.51. The van der Waals surface area contributed by atoms with Crippen LogP contribution in [0.15, 0.2) is 47.0 Å². The van der Waals surface area contributed by atoms with Crippen molar-refractivity contribution >= 4 is 18.7 Å². The number of rotatable bonds is 4. The number of hydrogen-bond acceptors (Lipinski definition) is 3. The number of amides is 1. The highest BCUT2D eigenvalue weighted by Crippen LogP contribution is 2.43. The fourth-order valence-corrected chi connectivity index (χ4v) is 3.63. The Morgan fingerprint density at radius 3 is 2.55 bits per heavy atom. The predicted molar refractivity (Wildman–Crippen MR) is 90.1 cm³/mol. The van der Waals surface area contributed by atoms with E-state index in [9.17, 15) is 9.36 Å². The van der Waals surface area contributed by atoms with Crippen LogP contribution in [-0.4, -0.2) is 24.9 Å². The van der Waals surface area contributed by atoms with Crippen LogP contribution in [0.25, 0.3) is 0 Å². The van der Waals surface area contributed by atoms with Crippen LogP contribution >= 0.6 is 7.14 Å². The maximum atomic E-state index is 12.4. The molecule has 118 valence electrons. The molecule has 2 rings (SSSR count). The molecule has 0 fully saturated rings. The molecule has 1 aromatic rings. The third kappa shape index (κ3) is 4.96. The highest BCUT2D eigenvalue weighted by Gasteiger charge is 2.23. The first kappa shape index (κ1) is 16.7. The second-order valence-corrected chi connectivity index (χ2v) is 8.93. The highest BCUT2D eigenvalue weighted by atomic mass is 31.2. The van der Waals surface area contributed by atoms with E-state index >= 15 is 0 Å². The summed E-state index contributed by atoms with van der Waals surface area (Å²) in [4.78, 5) is 16.0. The Morgan fingerprint density at radius 1 is 1.23 bits per heavy atom. The Balaban J connectivity index is 2.10. The molecule has 0 saturated carbocycles. The second-order valence-electron chi connectivity index (χ2n) is 5.80. The quantitative estimate of drug-likeness (QED) is 0.589. The van der Waals surface area contributed by atoms with Gasteiger partial charge < -0.3 is 9.30 Å². The van der Waals surface area contributed by atoms with Crippen LogP contribution in [-0.2, 0) is 15.9 Å². The van der Waals surface area contributed by atoms with Crippen LogP contribution < -0.4 is 0 Å². The number of benzene rings is 1. The zero-order valence-corrected chi connectivity index (χ0v) is 14.0. The highest BCUT2D eigenvalue weighted by molar-refractivity contribution is 7.80. The Bertz CT molecular complexity index is 629. The van der Waals surface area contributed by atoms with Crippen molar-refractivity contribution in [2.24, 2.45) is 4.99 Å². The molecule has 5 heteroatoms. The Labute approximate surface area is 131 Å². The van der Waals surface area contributed by atoms with Crippen molar-refractivity contribution in [2.75, 3.05) is 13.3 Å². The van der Waals surface area contributed by atoms with E-state index in [1.807, 2.05) is 36.4 Å². The average molecular weight is 319 g/mol. The monoisotopic (exact) mass is 319 g/mol. The number of nitrogens with zero attached hydrogens (tertiary/aromatic N) is 1. The maximum Gasteiger partial charge on any atom is 0.434 e. The third-order valence-electron chi connectivity index (χ3n) is 3.49. The lowest BCUT2D eigenvalue weighted by Gasteiger charge is -2.17. The molecule has 0 spiro atoms. The molecule has 1 amide bonds. The minimum atomic E-state index is -2.61. The Kier molecular flexibility index (Phi) is 5.73. The van der Waals surface area contributed by atoms with Gasteiger partial charge in [0, 0.05) is 0 Å². The van der Waals surface area contributed by atoms with E-state index in [1.54, 1.807) is 13.3 Å². The number of allylic oxidation sites excluding steroid dienone is 2. The summed E-state index contributed by atoms with van der Waals surface area (Å²) in [5, 5.41) is 0. The molecule has 0 aliphatic heterocycles. The number of aliphatic imine (C=N–C) groups is 1. The van der Waals surface area contributed by atoms with E-state index in [-0.39, 0.29) is 6.61 Å². The predicted octanol–water partition coefficient (Wildman–Crippen LogP) is 4.84. The second kappa shape index (κ2) is 7.55. The molecule has 22 heavy (non-hydrogen) atoms. The van der Waals surface area contributed by atoms with Crippen LogP contribution in [0.4, 0.5) is 4.79 Å². The summed E-state index contributed by atoms with van der Waals surface area (Å²) in [6, 6.07) is 9.44. The minimum Gasteiger partial charge on any atom is -0.443 e. The molecule has 0 aromatic heterocycles. The summed E-state index contributed by atoms with van der Waals surface area (Å²) < 4.78 is 17.6. The smallest absolute Gasteiger partial charge is 0.434 e. The molecule has 0 bridgehead atoms. The molecule has 0 heterocycles. The number of carbonyl (C=O) groups is 1. The summed E-state index contributed by atoms with van der Waals surface area (Å²) in [5.41, 5.74) is 2.27. The fourth-order valence-electron chi connectivity index (χ4n) is 2.42. The first-order valence-corrected chi connectivity index (χ1v) is 10.1. The molecule has 0 radical (unpaired) electrons. The van der Waals surface area contributed by atoms with Crippen molar-refractivity contribution in [1.29, 1.82) is 0 Å². The number of ether oxygens (including phenoxy) is 1. The van der Waals surface area contributed by atoms with Gasteiger partial charge in [0.2, 0.25) is 0 Å². The fraction of sp³-hybridized carbons (Fsp3) is 0.412. The zero-order chi connectivity index (χ0) is 16.0. The molecule has 0 unspecified atom stereocenters. The van der Waals surface area contributed by atoms with Gasteiger partial charge in [-0.25, -0.2) is 4.79 Å². The number of hydrogen-bond donors (Lipinski definition) is 0. The van der Waals surface area contributed by atoms with E-state index in [4.69, 9.17) is 4.74 Å². The normalized spacial score (nSPS) is 16.1. The minimum absolute atomic E-state index is 0.174. The van der Waals surface area contributed by atoms with Crippen molar-refractivity contribution in [3.63, 3.8) is 0 Å². The maximum absolute atomic E-state index is 12.4. The zero-order valence-electron chi connectivity index (χ0n) is 13.1. The van der Waals surface area contributed by atoms with Gasteiger partial charge >= 0.3 is 6.09 Å². The molecular weight excluding hydrogens is 297 g/mol. The molecule has 1 aliphatic rings. The topological polar surface area (TPSA) is 55.7 Å². The molecule has 0 atom stereocenters. The van der Waals surface area contributed by atoms with Crippen LogP contribution in [0.3, 0.4) is 0 Å². The van der Waals surface area contributed by atoms with Crippen molar-refractivity contribution < 1.29 is 14.1 Å². The summed E-state index contributed by atoms with van der Waals surface area (Å²) in [6.07, 6.45) is 5.34. The number of carbonyl (C=O) groups excluding carboxylic acids is 1. The van der Waals surface area contributed by atoms with E-state index in [0.29, 0.717) is 5.45 Å². The SMILES string of the molecule is CP(C)(=O)C(=NC(=O)OCc1ccccc1)C1=CCCCC1. The van der Waals surface area contributed by atoms with E-state index in [0.717, 1.165) is 36.8 Å². The van der Waals surface area contributed by atoms with Crippen LogP contribution in [0.5, 0.6) is 0 Å². The van der Waals surface area contributed by atoms with Crippen molar-refractivity contribution in [2.45, 2.75) is 32.3 Å². The van der Waals surface area contributed by atoms with Gasteiger partial charge in [-0.2, -0.15) is 4.99 Å². The molecule has 0 N–H and O–H groups in total. The Hall–Kier alpha value is -1.67. The summed E-state index contributed by atoms with van der Waals surface area (Å²) >= 11 is 0.